The molecule has 2 aromatic rings. The Hall–Kier alpha value is -1.42. The van der Waals surface area contributed by atoms with Crippen LogP contribution in [0.2, 0.25) is 10.0 Å². The van der Waals surface area contributed by atoms with Gasteiger partial charge in [0, 0.05) is 12.1 Å². The van der Waals surface area contributed by atoms with Gasteiger partial charge in [0.15, 0.2) is 11.5 Å². The molecule has 0 amide bonds. The van der Waals surface area contributed by atoms with Crippen LogP contribution in [0.5, 0.6) is 11.5 Å². The molecule has 0 aliphatic rings. The lowest BCUT2D eigenvalue weighted by Gasteiger charge is -2.21. The molecule has 136 valence electrons. The lowest BCUT2D eigenvalue weighted by atomic mass is 10.1. The van der Waals surface area contributed by atoms with E-state index < -0.39 is 0 Å². The van der Waals surface area contributed by atoms with Crippen molar-refractivity contribution in [3.8, 4) is 11.5 Å². The van der Waals surface area contributed by atoms with Crippen molar-refractivity contribution in [2.24, 2.45) is 0 Å². The average molecular weight is 382 g/mol. The van der Waals surface area contributed by atoms with Crippen LogP contribution in [0.1, 0.15) is 38.8 Å². The van der Waals surface area contributed by atoms with Gasteiger partial charge in [-0.05, 0) is 63.1 Å². The van der Waals surface area contributed by atoms with E-state index in [0.717, 1.165) is 23.4 Å². The minimum absolute atomic E-state index is 0.0643. The van der Waals surface area contributed by atoms with Gasteiger partial charge in [0.2, 0.25) is 0 Å². The highest BCUT2D eigenvalue weighted by atomic mass is 35.5. The summed E-state index contributed by atoms with van der Waals surface area (Å²) in [7, 11) is 0. The van der Waals surface area contributed by atoms with E-state index in [0.29, 0.717) is 29.0 Å². The maximum absolute atomic E-state index is 6.05. The van der Waals surface area contributed by atoms with Gasteiger partial charge in [0.25, 0.3) is 0 Å². The normalized spacial score (nSPS) is 11.4. The quantitative estimate of drug-likeness (QED) is 0.651. The highest BCUT2D eigenvalue weighted by Gasteiger charge is 2.11. The Morgan fingerprint density at radius 3 is 2.24 bits per heavy atom. The van der Waals surface area contributed by atoms with Gasteiger partial charge in [-0.25, -0.2) is 0 Å². The van der Waals surface area contributed by atoms with Crippen LogP contribution >= 0.6 is 23.2 Å². The minimum Gasteiger partial charge on any atom is -0.490 e. The fourth-order valence-corrected chi connectivity index (χ4v) is 2.53. The standard InChI is InChI=1S/C20H25Cl2NO2/c1-5-24-19-11-14(12-23-20(2,3)4)7-9-18(19)25-13-15-6-8-16(21)17(22)10-15/h6-11,23H,5,12-13H2,1-4H3. The number of benzene rings is 2. The molecule has 25 heavy (non-hydrogen) atoms. The number of hydrogen-bond donors (Lipinski definition) is 1. The zero-order chi connectivity index (χ0) is 18.4. The fourth-order valence-electron chi connectivity index (χ4n) is 2.21. The third-order valence-corrected chi connectivity index (χ3v) is 4.25. The Bertz CT molecular complexity index is 711. The van der Waals surface area contributed by atoms with Crippen molar-refractivity contribution in [1.82, 2.24) is 5.32 Å². The largest absolute Gasteiger partial charge is 0.490 e. The van der Waals surface area contributed by atoms with Crippen LogP contribution < -0.4 is 14.8 Å². The molecular weight excluding hydrogens is 357 g/mol. The minimum atomic E-state index is 0.0643. The van der Waals surface area contributed by atoms with Gasteiger partial charge in [-0.2, -0.15) is 0 Å². The summed E-state index contributed by atoms with van der Waals surface area (Å²) >= 11 is 12.0. The van der Waals surface area contributed by atoms with E-state index in [4.69, 9.17) is 32.7 Å². The molecule has 0 heterocycles. The maximum atomic E-state index is 6.05. The molecule has 0 spiro atoms. The summed E-state index contributed by atoms with van der Waals surface area (Å²) in [6.45, 7) is 10.1. The number of halogens is 2. The predicted molar refractivity (Wildman–Crippen MR) is 105 cm³/mol. The monoisotopic (exact) mass is 381 g/mol. The van der Waals surface area contributed by atoms with Gasteiger partial charge < -0.3 is 14.8 Å². The van der Waals surface area contributed by atoms with Crippen molar-refractivity contribution in [3.05, 3.63) is 57.6 Å². The molecule has 0 unspecified atom stereocenters. The third-order valence-electron chi connectivity index (χ3n) is 3.51. The van der Waals surface area contributed by atoms with Gasteiger partial charge >= 0.3 is 0 Å². The summed E-state index contributed by atoms with van der Waals surface area (Å²) < 4.78 is 11.7. The molecule has 0 atom stereocenters. The number of nitrogens with one attached hydrogen (secondary N) is 1. The summed E-state index contributed by atoms with van der Waals surface area (Å²) in [6.07, 6.45) is 0. The summed E-state index contributed by atoms with van der Waals surface area (Å²) in [5, 5.41) is 4.54. The first kappa shape index (κ1) is 19.9. The Kier molecular flexibility index (Phi) is 7.00. The second-order valence-corrected chi connectivity index (χ2v) is 7.67. The molecule has 0 aromatic heterocycles. The molecule has 1 N–H and O–H groups in total. The first-order chi connectivity index (χ1) is 11.8. The van der Waals surface area contributed by atoms with E-state index in [1.807, 2.05) is 37.3 Å². The Morgan fingerprint density at radius 2 is 1.60 bits per heavy atom. The molecule has 0 saturated carbocycles. The van der Waals surface area contributed by atoms with Crippen molar-refractivity contribution in [2.75, 3.05) is 6.61 Å². The topological polar surface area (TPSA) is 30.5 Å². The summed E-state index contributed by atoms with van der Waals surface area (Å²) in [4.78, 5) is 0. The SMILES string of the molecule is CCOc1cc(CNC(C)(C)C)ccc1OCc1ccc(Cl)c(Cl)c1. The van der Waals surface area contributed by atoms with Crippen LogP contribution in [-0.4, -0.2) is 12.1 Å². The molecule has 3 nitrogen and oxygen atoms in total. The molecule has 0 bridgehead atoms. The fraction of sp³-hybridized carbons (Fsp3) is 0.400. The zero-order valence-electron chi connectivity index (χ0n) is 15.2. The molecular formula is C20H25Cl2NO2. The van der Waals surface area contributed by atoms with E-state index in [1.54, 1.807) is 6.07 Å². The molecule has 0 saturated heterocycles. The Morgan fingerprint density at radius 1 is 0.880 bits per heavy atom. The smallest absolute Gasteiger partial charge is 0.161 e. The maximum Gasteiger partial charge on any atom is 0.161 e. The van der Waals surface area contributed by atoms with Gasteiger partial charge in [0.1, 0.15) is 6.61 Å². The predicted octanol–water partition coefficient (Wildman–Crippen LogP) is 5.86. The third kappa shape index (κ3) is 6.43. The Labute approximate surface area is 160 Å². The van der Waals surface area contributed by atoms with Gasteiger partial charge in [0.05, 0.1) is 16.7 Å². The Balaban J connectivity index is 2.09. The first-order valence-corrected chi connectivity index (χ1v) is 9.11. The van der Waals surface area contributed by atoms with E-state index in [1.165, 1.54) is 0 Å². The summed E-state index contributed by atoms with van der Waals surface area (Å²) in [5.74, 6) is 1.46. The van der Waals surface area contributed by atoms with Crippen LogP contribution in [0.4, 0.5) is 0 Å². The van der Waals surface area contributed by atoms with Crippen LogP contribution in [0, 0.1) is 0 Å². The van der Waals surface area contributed by atoms with Crippen molar-refractivity contribution in [2.45, 2.75) is 46.4 Å². The van der Waals surface area contributed by atoms with Crippen LogP contribution in [0.25, 0.3) is 0 Å². The molecule has 2 rings (SSSR count). The zero-order valence-corrected chi connectivity index (χ0v) is 16.7. The van der Waals surface area contributed by atoms with Crippen LogP contribution in [-0.2, 0) is 13.2 Å². The van der Waals surface area contributed by atoms with Crippen molar-refractivity contribution in [1.29, 1.82) is 0 Å². The first-order valence-electron chi connectivity index (χ1n) is 8.36. The van der Waals surface area contributed by atoms with Gasteiger partial charge in [-0.3, -0.25) is 0 Å². The molecule has 0 radical (unpaired) electrons. The van der Waals surface area contributed by atoms with Crippen molar-refractivity contribution in [3.63, 3.8) is 0 Å². The number of rotatable bonds is 7. The highest BCUT2D eigenvalue weighted by Crippen LogP contribution is 2.30. The van der Waals surface area contributed by atoms with E-state index >= 15 is 0 Å². The second kappa shape index (κ2) is 8.79. The van der Waals surface area contributed by atoms with E-state index in [9.17, 15) is 0 Å². The van der Waals surface area contributed by atoms with Gasteiger partial charge in [-0.1, -0.05) is 35.3 Å². The lowest BCUT2D eigenvalue weighted by molar-refractivity contribution is 0.269. The number of hydrogen-bond acceptors (Lipinski definition) is 3. The molecule has 0 fully saturated rings. The highest BCUT2D eigenvalue weighted by molar-refractivity contribution is 6.42. The van der Waals surface area contributed by atoms with Crippen LogP contribution in [0.3, 0.4) is 0 Å². The van der Waals surface area contributed by atoms with Crippen LogP contribution in [0.15, 0.2) is 36.4 Å². The summed E-state index contributed by atoms with van der Waals surface area (Å²) in [6, 6.07) is 11.5. The lowest BCUT2D eigenvalue weighted by Crippen LogP contribution is -2.35. The molecule has 0 aliphatic carbocycles. The van der Waals surface area contributed by atoms with E-state index in [-0.39, 0.29) is 5.54 Å². The second-order valence-electron chi connectivity index (χ2n) is 6.85. The van der Waals surface area contributed by atoms with Crippen molar-refractivity contribution < 1.29 is 9.47 Å². The average Bonchev–Trinajstić information content (AvgIpc) is 2.55. The molecule has 0 aliphatic heterocycles. The molecule has 2 aromatic carbocycles. The van der Waals surface area contributed by atoms with Crippen molar-refractivity contribution >= 4 is 23.2 Å². The van der Waals surface area contributed by atoms with E-state index in [2.05, 4.69) is 26.1 Å². The summed E-state index contributed by atoms with van der Waals surface area (Å²) in [5.41, 5.74) is 2.17. The number of ether oxygens (including phenoxy) is 2. The van der Waals surface area contributed by atoms with Gasteiger partial charge in [-0.15, -0.1) is 0 Å². The molecule has 5 heteroatoms.